The van der Waals surface area contributed by atoms with Gasteiger partial charge in [0.15, 0.2) is 5.76 Å². The number of rotatable bonds is 5. The van der Waals surface area contributed by atoms with Crippen molar-refractivity contribution in [1.82, 2.24) is 10.5 Å². The van der Waals surface area contributed by atoms with Crippen LogP contribution in [0.3, 0.4) is 0 Å². The number of aromatic nitrogens is 1. The van der Waals surface area contributed by atoms with Crippen molar-refractivity contribution < 1.29 is 13.7 Å². The lowest BCUT2D eigenvalue weighted by Crippen LogP contribution is -2.34. The third-order valence-corrected chi connectivity index (χ3v) is 4.25. The molecule has 0 unspecified atom stereocenters. The molecule has 0 aliphatic heterocycles. The third kappa shape index (κ3) is 2.54. The molecule has 0 radical (unpaired) electrons. The van der Waals surface area contributed by atoms with Gasteiger partial charge in [0, 0.05) is 11.6 Å². The maximum Gasteiger partial charge on any atom is 0.232 e. The van der Waals surface area contributed by atoms with E-state index in [2.05, 4.69) is 10.5 Å². The summed E-state index contributed by atoms with van der Waals surface area (Å²) in [6.07, 6.45) is 3.17. The van der Waals surface area contributed by atoms with E-state index in [0.717, 1.165) is 24.2 Å². The Hall–Kier alpha value is -2.82. The van der Waals surface area contributed by atoms with Gasteiger partial charge >= 0.3 is 0 Å². The molecule has 5 heteroatoms. The zero-order valence-electron chi connectivity index (χ0n) is 12.5. The molecule has 2 heterocycles. The second-order valence-corrected chi connectivity index (χ2v) is 5.79. The zero-order valence-corrected chi connectivity index (χ0v) is 12.5. The summed E-state index contributed by atoms with van der Waals surface area (Å²) < 4.78 is 10.7. The summed E-state index contributed by atoms with van der Waals surface area (Å²) in [4.78, 5) is 12.5. The molecule has 0 saturated heterocycles. The number of nitrogens with one attached hydrogen (secondary N) is 1. The first-order valence-electron chi connectivity index (χ1n) is 7.61. The molecule has 5 nitrogen and oxygen atoms in total. The number of hydrogen-bond acceptors (Lipinski definition) is 4. The van der Waals surface area contributed by atoms with Gasteiger partial charge in [-0.15, -0.1) is 0 Å². The SMILES string of the molecule is O=C(NCc1ccco1)C1(c2cc(-c3ccccc3)on2)CC1. The number of hydrogen-bond donors (Lipinski definition) is 1. The van der Waals surface area contributed by atoms with Gasteiger partial charge in [-0.2, -0.15) is 0 Å². The second kappa shape index (κ2) is 5.43. The topological polar surface area (TPSA) is 68.3 Å². The van der Waals surface area contributed by atoms with Crippen LogP contribution in [0.1, 0.15) is 24.3 Å². The van der Waals surface area contributed by atoms with Crippen molar-refractivity contribution in [2.24, 2.45) is 0 Å². The van der Waals surface area contributed by atoms with Gasteiger partial charge in [0.05, 0.1) is 23.9 Å². The summed E-state index contributed by atoms with van der Waals surface area (Å²) >= 11 is 0. The molecule has 1 aliphatic rings. The Labute approximate surface area is 133 Å². The van der Waals surface area contributed by atoms with Crippen molar-refractivity contribution in [2.45, 2.75) is 24.8 Å². The minimum atomic E-state index is -0.552. The molecule has 23 heavy (non-hydrogen) atoms. The fourth-order valence-electron chi connectivity index (χ4n) is 2.71. The Morgan fingerprint density at radius 2 is 2.00 bits per heavy atom. The highest BCUT2D eigenvalue weighted by Gasteiger charge is 2.53. The quantitative estimate of drug-likeness (QED) is 0.785. The Kier molecular flexibility index (Phi) is 3.26. The van der Waals surface area contributed by atoms with Crippen molar-refractivity contribution in [3.8, 4) is 11.3 Å². The molecular formula is C18H16N2O3. The molecule has 3 aromatic rings. The van der Waals surface area contributed by atoms with Crippen molar-refractivity contribution in [2.75, 3.05) is 0 Å². The first-order valence-corrected chi connectivity index (χ1v) is 7.61. The highest BCUT2D eigenvalue weighted by atomic mass is 16.5. The second-order valence-electron chi connectivity index (χ2n) is 5.79. The molecular weight excluding hydrogens is 292 g/mol. The zero-order chi connectivity index (χ0) is 15.7. The number of nitrogens with zero attached hydrogens (tertiary/aromatic N) is 1. The van der Waals surface area contributed by atoms with Gasteiger partial charge in [-0.1, -0.05) is 35.5 Å². The molecule has 2 aromatic heterocycles. The largest absolute Gasteiger partial charge is 0.467 e. The molecule has 1 saturated carbocycles. The van der Waals surface area contributed by atoms with E-state index in [-0.39, 0.29) is 5.91 Å². The molecule has 0 atom stereocenters. The van der Waals surface area contributed by atoms with E-state index in [4.69, 9.17) is 8.94 Å². The molecule has 1 amide bonds. The molecule has 4 rings (SSSR count). The van der Waals surface area contributed by atoms with Crippen LogP contribution in [-0.4, -0.2) is 11.1 Å². The van der Waals surface area contributed by atoms with Gasteiger partial charge in [-0.25, -0.2) is 0 Å². The maximum absolute atomic E-state index is 12.5. The van der Waals surface area contributed by atoms with Crippen LogP contribution in [0.15, 0.2) is 63.7 Å². The monoisotopic (exact) mass is 308 g/mol. The normalized spacial score (nSPS) is 15.3. The van der Waals surface area contributed by atoms with Gasteiger partial charge in [-0.3, -0.25) is 4.79 Å². The first kappa shape index (κ1) is 13.8. The van der Waals surface area contributed by atoms with Crippen LogP contribution in [-0.2, 0) is 16.8 Å². The third-order valence-electron chi connectivity index (χ3n) is 4.25. The Balaban J connectivity index is 1.51. The average molecular weight is 308 g/mol. The van der Waals surface area contributed by atoms with Crippen LogP contribution in [0.2, 0.25) is 0 Å². The van der Waals surface area contributed by atoms with Crippen molar-refractivity contribution in [3.63, 3.8) is 0 Å². The molecule has 1 fully saturated rings. The fraction of sp³-hybridized carbons (Fsp3) is 0.222. The van der Waals surface area contributed by atoms with Crippen LogP contribution in [0.4, 0.5) is 0 Å². The number of benzene rings is 1. The summed E-state index contributed by atoms with van der Waals surface area (Å²) in [6.45, 7) is 0.386. The van der Waals surface area contributed by atoms with Crippen LogP contribution in [0, 0.1) is 0 Å². The summed E-state index contributed by atoms with van der Waals surface area (Å²) in [7, 11) is 0. The highest BCUT2D eigenvalue weighted by molar-refractivity contribution is 5.90. The lowest BCUT2D eigenvalue weighted by atomic mass is 10.0. The number of carbonyl (C=O) groups is 1. The Bertz CT molecular complexity index is 802. The van der Waals surface area contributed by atoms with E-state index < -0.39 is 5.41 Å². The van der Waals surface area contributed by atoms with E-state index in [1.165, 1.54) is 0 Å². The van der Waals surface area contributed by atoms with E-state index in [1.54, 1.807) is 12.3 Å². The summed E-state index contributed by atoms with van der Waals surface area (Å²) in [5.74, 6) is 1.40. The molecule has 1 aliphatic carbocycles. The summed E-state index contributed by atoms with van der Waals surface area (Å²) in [5, 5.41) is 7.05. The first-order chi connectivity index (χ1) is 11.3. The molecule has 1 aromatic carbocycles. The van der Waals surface area contributed by atoms with Gasteiger partial charge in [0.2, 0.25) is 5.91 Å². The van der Waals surface area contributed by atoms with E-state index in [1.807, 2.05) is 42.5 Å². The Morgan fingerprint density at radius 3 is 2.70 bits per heavy atom. The van der Waals surface area contributed by atoms with Gasteiger partial charge in [0.1, 0.15) is 5.76 Å². The molecule has 116 valence electrons. The van der Waals surface area contributed by atoms with Crippen LogP contribution >= 0.6 is 0 Å². The van der Waals surface area contributed by atoms with Gasteiger partial charge in [0.25, 0.3) is 0 Å². The van der Waals surface area contributed by atoms with Crippen molar-refractivity contribution >= 4 is 5.91 Å². The summed E-state index contributed by atoms with van der Waals surface area (Å²) in [6, 6.07) is 15.3. The van der Waals surface area contributed by atoms with E-state index >= 15 is 0 Å². The Morgan fingerprint density at radius 1 is 1.17 bits per heavy atom. The molecule has 0 spiro atoms. The predicted octanol–water partition coefficient (Wildman–Crippen LogP) is 3.28. The maximum atomic E-state index is 12.5. The minimum Gasteiger partial charge on any atom is -0.467 e. The standard InChI is InChI=1S/C18H16N2O3/c21-17(19-12-14-7-4-10-22-14)18(8-9-18)16-11-15(23-20-16)13-5-2-1-3-6-13/h1-7,10-11H,8-9,12H2,(H,19,21). The fourth-order valence-corrected chi connectivity index (χ4v) is 2.71. The van der Waals surface area contributed by atoms with Crippen LogP contribution < -0.4 is 5.32 Å². The molecule has 0 bridgehead atoms. The van der Waals surface area contributed by atoms with Crippen LogP contribution in [0.5, 0.6) is 0 Å². The van der Waals surface area contributed by atoms with Crippen molar-refractivity contribution in [3.05, 3.63) is 66.2 Å². The number of carbonyl (C=O) groups excluding carboxylic acids is 1. The average Bonchev–Trinajstić information content (AvgIpc) is 3.03. The van der Waals surface area contributed by atoms with E-state index in [9.17, 15) is 4.79 Å². The molecule has 1 N–H and O–H groups in total. The lowest BCUT2D eigenvalue weighted by Gasteiger charge is -2.11. The smallest absolute Gasteiger partial charge is 0.232 e. The van der Waals surface area contributed by atoms with E-state index in [0.29, 0.717) is 18.0 Å². The number of furan rings is 1. The van der Waals surface area contributed by atoms with Gasteiger partial charge in [-0.05, 0) is 25.0 Å². The minimum absolute atomic E-state index is 0.0261. The van der Waals surface area contributed by atoms with Crippen LogP contribution in [0.25, 0.3) is 11.3 Å². The predicted molar refractivity (Wildman–Crippen MR) is 83.4 cm³/mol. The van der Waals surface area contributed by atoms with Gasteiger partial charge < -0.3 is 14.3 Å². The lowest BCUT2D eigenvalue weighted by molar-refractivity contribution is -0.124. The van der Waals surface area contributed by atoms with Crippen molar-refractivity contribution in [1.29, 1.82) is 0 Å². The number of amides is 1. The highest BCUT2D eigenvalue weighted by Crippen LogP contribution is 2.48. The summed E-state index contributed by atoms with van der Waals surface area (Å²) in [5.41, 5.74) is 1.11.